The van der Waals surface area contributed by atoms with Crippen molar-refractivity contribution in [1.29, 1.82) is 0 Å². The van der Waals surface area contributed by atoms with E-state index in [9.17, 15) is 9.59 Å². The molecule has 1 fully saturated rings. The van der Waals surface area contributed by atoms with E-state index >= 15 is 0 Å². The fourth-order valence-corrected chi connectivity index (χ4v) is 4.65. The number of amides is 2. The topological polar surface area (TPSA) is 80.3 Å². The number of thiazole rings is 1. The SMILES string of the molecule is COc1ccc(C(=O)Nc2sc(SCC(=O)NC3CC3)nc2-c2ccccc2)cc1. The van der Waals surface area contributed by atoms with Gasteiger partial charge in [0.05, 0.1) is 12.9 Å². The molecule has 1 aromatic heterocycles. The van der Waals surface area contributed by atoms with Crippen LogP contribution >= 0.6 is 23.1 Å². The van der Waals surface area contributed by atoms with E-state index in [-0.39, 0.29) is 11.8 Å². The highest BCUT2D eigenvalue weighted by Crippen LogP contribution is 2.38. The van der Waals surface area contributed by atoms with Crippen molar-refractivity contribution in [2.24, 2.45) is 0 Å². The molecule has 3 aromatic rings. The number of benzene rings is 2. The molecule has 0 aliphatic heterocycles. The first-order valence-electron chi connectivity index (χ1n) is 9.56. The lowest BCUT2D eigenvalue weighted by atomic mass is 10.1. The number of hydrogen-bond donors (Lipinski definition) is 2. The summed E-state index contributed by atoms with van der Waals surface area (Å²) in [4.78, 5) is 29.5. The maximum Gasteiger partial charge on any atom is 0.256 e. The molecule has 2 N–H and O–H groups in total. The molecule has 30 heavy (non-hydrogen) atoms. The van der Waals surface area contributed by atoms with E-state index in [0.717, 1.165) is 22.7 Å². The molecule has 6 nitrogen and oxygen atoms in total. The van der Waals surface area contributed by atoms with Gasteiger partial charge >= 0.3 is 0 Å². The number of rotatable bonds is 8. The molecule has 2 amide bonds. The molecular formula is C22H21N3O3S2. The normalized spacial score (nSPS) is 13.0. The summed E-state index contributed by atoms with van der Waals surface area (Å²) in [6.07, 6.45) is 2.13. The molecule has 1 aliphatic carbocycles. The number of nitrogens with one attached hydrogen (secondary N) is 2. The first-order chi connectivity index (χ1) is 14.6. The van der Waals surface area contributed by atoms with Gasteiger partial charge in [-0.15, -0.1) is 0 Å². The van der Waals surface area contributed by atoms with Crippen LogP contribution in [0.15, 0.2) is 58.9 Å². The molecule has 1 aliphatic rings. The fourth-order valence-electron chi connectivity index (χ4n) is 2.78. The van der Waals surface area contributed by atoms with Gasteiger partial charge in [-0.3, -0.25) is 9.59 Å². The molecule has 0 atom stereocenters. The van der Waals surface area contributed by atoms with Crippen molar-refractivity contribution in [1.82, 2.24) is 10.3 Å². The molecule has 0 saturated heterocycles. The third-order valence-electron chi connectivity index (χ3n) is 4.50. The summed E-state index contributed by atoms with van der Waals surface area (Å²) in [6, 6.07) is 17.0. The van der Waals surface area contributed by atoms with Crippen LogP contribution in [0.1, 0.15) is 23.2 Å². The number of thioether (sulfide) groups is 1. The highest BCUT2D eigenvalue weighted by molar-refractivity contribution is 8.01. The molecule has 0 radical (unpaired) electrons. The van der Waals surface area contributed by atoms with Gasteiger partial charge in [-0.1, -0.05) is 53.4 Å². The van der Waals surface area contributed by atoms with Gasteiger partial charge < -0.3 is 15.4 Å². The van der Waals surface area contributed by atoms with Crippen LogP contribution in [0.25, 0.3) is 11.3 Å². The Bertz CT molecular complexity index is 1030. The lowest BCUT2D eigenvalue weighted by molar-refractivity contribution is -0.118. The van der Waals surface area contributed by atoms with E-state index in [2.05, 4.69) is 15.6 Å². The summed E-state index contributed by atoms with van der Waals surface area (Å²) >= 11 is 2.76. The van der Waals surface area contributed by atoms with Crippen LogP contribution in [0, 0.1) is 0 Å². The summed E-state index contributed by atoms with van der Waals surface area (Å²) in [6.45, 7) is 0. The standard InChI is InChI=1S/C22H21N3O3S2/c1-28-17-11-7-15(8-12-17)20(27)25-21-19(14-5-3-2-4-6-14)24-22(30-21)29-13-18(26)23-16-9-10-16/h2-8,11-12,16H,9-10,13H2,1H3,(H,23,26)(H,25,27). The molecule has 2 aromatic carbocycles. The number of carbonyl (C=O) groups is 2. The van der Waals surface area contributed by atoms with Crippen molar-refractivity contribution in [3.63, 3.8) is 0 Å². The van der Waals surface area contributed by atoms with Crippen molar-refractivity contribution in [3.05, 3.63) is 60.2 Å². The van der Waals surface area contributed by atoms with Gasteiger partial charge in [0.1, 0.15) is 16.4 Å². The number of nitrogens with zero attached hydrogens (tertiary/aromatic N) is 1. The van der Waals surface area contributed by atoms with Crippen LogP contribution in [0.4, 0.5) is 5.00 Å². The zero-order chi connectivity index (χ0) is 20.9. The van der Waals surface area contributed by atoms with Crippen molar-refractivity contribution >= 4 is 39.9 Å². The number of methoxy groups -OCH3 is 1. The van der Waals surface area contributed by atoms with E-state index in [1.54, 1.807) is 31.4 Å². The fraction of sp³-hybridized carbons (Fsp3) is 0.227. The average Bonchev–Trinajstić information content (AvgIpc) is 3.50. The quantitative estimate of drug-likeness (QED) is 0.507. The van der Waals surface area contributed by atoms with Crippen LogP contribution in [-0.2, 0) is 4.79 Å². The molecule has 8 heteroatoms. The first-order valence-corrected chi connectivity index (χ1v) is 11.4. The van der Waals surface area contributed by atoms with Gasteiger partial charge in [-0.05, 0) is 37.1 Å². The Kier molecular flexibility index (Phi) is 6.35. The van der Waals surface area contributed by atoms with E-state index in [1.165, 1.54) is 23.1 Å². The van der Waals surface area contributed by atoms with Crippen LogP contribution < -0.4 is 15.4 Å². The molecular weight excluding hydrogens is 418 g/mol. The third-order valence-corrected chi connectivity index (χ3v) is 6.62. The van der Waals surface area contributed by atoms with E-state index in [4.69, 9.17) is 4.74 Å². The third kappa shape index (κ3) is 5.20. The Hall–Kier alpha value is -2.84. The van der Waals surface area contributed by atoms with E-state index in [1.807, 2.05) is 30.3 Å². The molecule has 0 bridgehead atoms. The van der Waals surface area contributed by atoms with E-state index in [0.29, 0.717) is 33.8 Å². The van der Waals surface area contributed by atoms with Crippen LogP contribution in [0.2, 0.25) is 0 Å². The zero-order valence-corrected chi connectivity index (χ0v) is 18.0. The minimum Gasteiger partial charge on any atom is -0.497 e. The maximum absolute atomic E-state index is 12.8. The molecule has 1 heterocycles. The van der Waals surface area contributed by atoms with Gasteiger partial charge in [-0.2, -0.15) is 0 Å². The van der Waals surface area contributed by atoms with E-state index < -0.39 is 0 Å². The second kappa shape index (κ2) is 9.32. The molecule has 0 spiro atoms. The van der Waals surface area contributed by atoms with Crippen LogP contribution in [0.3, 0.4) is 0 Å². The highest BCUT2D eigenvalue weighted by atomic mass is 32.2. The number of ether oxygens (including phenoxy) is 1. The van der Waals surface area contributed by atoms with Crippen molar-refractivity contribution in [3.8, 4) is 17.0 Å². The van der Waals surface area contributed by atoms with Crippen molar-refractivity contribution < 1.29 is 14.3 Å². The van der Waals surface area contributed by atoms with Crippen LogP contribution in [0.5, 0.6) is 5.75 Å². The van der Waals surface area contributed by atoms with Crippen LogP contribution in [-0.4, -0.2) is 35.7 Å². The minimum absolute atomic E-state index is 0.0165. The summed E-state index contributed by atoms with van der Waals surface area (Å²) in [5, 5.41) is 6.61. The van der Waals surface area contributed by atoms with Gasteiger partial charge in [0, 0.05) is 17.2 Å². The number of carbonyl (C=O) groups excluding carboxylic acids is 2. The number of hydrogen-bond acceptors (Lipinski definition) is 6. The lowest BCUT2D eigenvalue weighted by Crippen LogP contribution is -2.26. The molecule has 0 unspecified atom stereocenters. The van der Waals surface area contributed by atoms with Crippen molar-refractivity contribution in [2.75, 3.05) is 18.2 Å². The number of anilines is 1. The summed E-state index contributed by atoms with van der Waals surface area (Å²) in [5.41, 5.74) is 2.14. The number of aromatic nitrogens is 1. The van der Waals surface area contributed by atoms with Gasteiger partial charge in [0.25, 0.3) is 5.91 Å². The van der Waals surface area contributed by atoms with Crippen molar-refractivity contribution in [2.45, 2.75) is 23.2 Å². The Labute approximate surface area is 183 Å². The average molecular weight is 440 g/mol. The second-order valence-electron chi connectivity index (χ2n) is 6.84. The maximum atomic E-state index is 12.8. The molecule has 4 rings (SSSR count). The Balaban J connectivity index is 1.52. The summed E-state index contributed by atoms with van der Waals surface area (Å²) < 4.78 is 5.89. The first kappa shape index (κ1) is 20.4. The largest absolute Gasteiger partial charge is 0.497 e. The Morgan fingerprint density at radius 3 is 2.53 bits per heavy atom. The van der Waals surface area contributed by atoms with Gasteiger partial charge in [0.2, 0.25) is 5.91 Å². The zero-order valence-electron chi connectivity index (χ0n) is 16.4. The molecule has 1 saturated carbocycles. The Morgan fingerprint density at radius 2 is 1.87 bits per heavy atom. The summed E-state index contributed by atoms with van der Waals surface area (Å²) in [7, 11) is 1.59. The highest BCUT2D eigenvalue weighted by Gasteiger charge is 2.23. The second-order valence-corrected chi connectivity index (χ2v) is 9.06. The lowest BCUT2D eigenvalue weighted by Gasteiger charge is -2.06. The predicted molar refractivity (Wildman–Crippen MR) is 120 cm³/mol. The minimum atomic E-state index is -0.221. The smallest absolute Gasteiger partial charge is 0.256 e. The van der Waals surface area contributed by atoms with Gasteiger partial charge in [-0.25, -0.2) is 4.98 Å². The van der Waals surface area contributed by atoms with Gasteiger partial charge in [0.15, 0.2) is 4.34 Å². The molecule has 154 valence electrons. The Morgan fingerprint density at radius 1 is 1.13 bits per heavy atom. The monoisotopic (exact) mass is 439 g/mol. The summed E-state index contributed by atoms with van der Waals surface area (Å²) in [5.74, 6) is 0.797. The predicted octanol–water partition coefficient (Wildman–Crippen LogP) is 4.44.